The van der Waals surface area contributed by atoms with Gasteiger partial charge in [-0.1, -0.05) is 0 Å². The fourth-order valence-corrected chi connectivity index (χ4v) is 3.81. The molecule has 1 heterocycles. The number of hydrogen-bond donors (Lipinski definition) is 0. The molecule has 0 aromatic heterocycles. The summed E-state index contributed by atoms with van der Waals surface area (Å²) in [6.45, 7) is 3.35. The molecule has 3 rings (SSSR count). The standard InChI is InChI=1S/C10H16O/c1-6-10-8-3-2-7(4-8)9(10)5-11-6/h6-10H,2-5H2,1H3. The van der Waals surface area contributed by atoms with Gasteiger partial charge in [0.15, 0.2) is 0 Å². The number of fused-ring (bicyclic) bond motifs is 5. The summed E-state index contributed by atoms with van der Waals surface area (Å²) in [5.74, 6) is 4.01. The molecule has 11 heavy (non-hydrogen) atoms. The molecule has 2 aliphatic carbocycles. The molecule has 2 saturated carbocycles. The minimum Gasteiger partial charge on any atom is -0.378 e. The van der Waals surface area contributed by atoms with E-state index in [1.165, 1.54) is 19.3 Å². The predicted molar refractivity (Wildman–Crippen MR) is 43.2 cm³/mol. The highest BCUT2D eigenvalue weighted by atomic mass is 16.5. The molecule has 1 saturated heterocycles. The molecule has 1 nitrogen and oxygen atoms in total. The van der Waals surface area contributed by atoms with Gasteiger partial charge in [0.2, 0.25) is 0 Å². The van der Waals surface area contributed by atoms with Crippen molar-refractivity contribution in [2.24, 2.45) is 23.7 Å². The maximum absolute atomic E-state index is 5.70. The molecule has 5 unspecified atom stereocenters. The third-order valence-corrected chi connectivity index (χ3v) is 4.25. The van der Waals surface area contributed by atoms with E-state index in [0.29, 0.717) is 6.10 Å². The third kappa shape index (κ3) is 0.703. The Kier molecular flexibility index (Phi) is 1.18. The smallest absolute Gasteiger partial charge is 0.0581 e. The van der Waals surface area contributed by atoms with Gasteiger partial charge in [-0.05, 0) is 49.9 Å². The van der Waals surface area contributed by atoms with Crippen molar-refractivity contribution in [3.8, 4) is 0 Å². The lowest BCUT2D eigenvalue weighted by molar-refractivity contribution is 0.0893. The number of ether oxygens (including phenoxy) is 1. The first kappa shape index (κ1) is 6.47. The minimum absolute atomic E-state index is 0.579. The van der Waals surface area contributed by atoms with E-state index in [1.54, 1.807) is 0 Å². The highest BCUT2D eigenvalue weighted by molar-refractivity contribution is 5.01. The van der Waals surface area contributed by atoms with E-state index in [4.69, 9.17) is 4.74 Å². The highest BCUT2D eigenvalue weighted by Gasteiger charge is 2.52. The van der Waals surface area contributed by atoms with Gasteiger partial charge in [-0.15, -0.1) is 0 Å². The Bertz CT molecular complexity index is 178. The Morgan fingerprint density at radius 2 is 2.00 bits per heavy atom. The van der Waals surface area contributed by atoms with Crippen LogP contribution in [0.3, 0.4) is 0 Å². The highest BCUT2D eigenvalue weighted by Crippen LogP contribution is 2.56. The molecule has 1 aliphatic heterocycles. The fourth-order valence-electron chi connectivity index (χ4n) is 3.81. The molecule has 62 valence electrons. The third-order valence-electron chi connectivity index (χ3n) is 4.25. The van der Waals surface area contributed by atoms with Gasteiger partial charge in [0.25, 0.3) is 0 Å². The van der Waals surface area contributed by atoms with Crippen molar-refractivity contribution in [2.75, 3.05) is 6.61 Å². The molecule has 0 N–H and O–H groups in total. The Hall–Kier alpha value is -0.0400. The molecule has 5 atom stereocenters. The first-order valence-electron chi connectivity index (χ1n) is 4.98. The monoisotopic (exact) mass is 152 g/mol. The minimum atomic E-state index is 0.579. The zero-order valence-corrected chi connectivity index (χ0v) is 7.12. The molecule has 3 aliphatic rings. The van der Waals surface area contributed by atoms with Crippen molar-refractivity contribution in [3.05, 3.63) is 0 Å². The van der Waals surface area contributed by atoms with Crippen LogP contribution in [-0.2, 0) is 4.74 Å². The van der Waals surface area contributed by atoms with Crippen LogP contribution >= 0.6 is 0 Å². The van der Waals surface area contributed by atoms with Crippen molar-refractivity contribution in [1.29, 1.82) is 0 Å². The molecule has 0 aromatic rings. The summed E-state index contributed by atoms with van der Waals surface area (Å²) >= 11 is 0. The lowest BCUT2D eigenvalue weighted by Crippen LogP contribution is -2.24. The topological polar surface area (TPSA) is 9.23 Å². The largest absolute Gasteiger partial charge is 0.378 e. The summed E-state index contributed by atoms with van der Waals surface area (Å²) in [6.07, 6.45) is 5.11. The second-order valence-electron chi connectivity index (χ2n) is 4.61. The second-order valence-corrected chi connectivity index (χ2v) is 4.61. The van der Waals surface area contributed by atoms with E-state index in [-0.39, 0.29) is 0 Å². The lowest BCUT2D eigenvalue weighted by atomic mass is 9.79. The lowest BCUT2D eigenvalue weighted by Gasteiger charge is -2.24. The van der Waals surface area contributed by atoms with Crippen LogP contribution in [-0.4, -0.2) is 12.7 Å². The predicted octanol–water partition coefficient (Wildman–Crippen LogP) is 2.07. The van der Waals surface area contributed by atoms with E-state index < -0.39 is 0 Å². The van der Waals surface area contributed by atoms with Crippen molar-refractivity contribution in [1.82, 2.24) is 0 Å². The van der Waals surface area contributed by atoms with Crippen molar-refractivity contribution >= 4 is 0 Å². The van der Waals surface area contributed by atoms with Crippen LogP contribution in [0.1, 0.15) is 26.2 Å². The van der Waals surface area contributed by atoms with Crippen LogP contribution in [0.15, 0.2) is 0 Å². The van der Waals surface area contributed by atoms with Crippen LogP contribution < -0.4 is 0 Å². The summed E-state index contributed by atoms with van der Waals surface area (Å²) < 4.78 is 5.70. The first-order valence-corrected chi connectivity index (χ1v) is 4.98. The van der Waals surface area contributed by atoms with Crippen LogP contribution in [0, 0.1) is 23.7 Å². The van der Waals surface area contributed by atoms with Crippen molar-refractivity contribution in [3.63, 3.8) is 0 Å². The van der Waals surface area contributed by atoms with E-state index in [2.05, 4.69) is 6.92 Å². The van der Waals surface area contributed by atoms with Gasteiger partial charge < -0.3 is 4.74 Å². The van der Waals surface area contributed by atoms with Gasteiger partial charge in [-0.25, -0.2) is 0 Å². The van der Waals surface area contributed by atoms with Crippen molar-refractivity contribution < 1.29 is 4.74 Å². The van der Waals surface area contributed by atoms with Crippen LogP contribution in [0.2, 0.25) is 0 Å². The Balaban J connectivity index is 1.91. The van der Waals surface area contributed by atoms with Crippen LogP contribution in [0.25, 0.3) is 0 Å². The first-order chi connectivity index (χ1) is 5.36. The van der Waals surface area contributed by atoms with Gasteiger partial charge in [0.05, 0.1) is 12.7 Å². The van der Waals surface area contributed by atoms with Crippen molar-refractivity contribution in [2.45, 2.75) is 32.3 Å². The molecule has 0 amide bonds. The summed E-state index contributed by atoms with van der Waals surface area (Å²) in [4.78, 5) is 0. The van der Waals surface area contributed by atoms with E-state index in [0.717, 1.165) is 30.3 Å². The number of hydrogen-bond acceptors (Lipinski definition) is 1. The summed E-state index contributed by atoms with van der Waals surface area (Å²) in [6, 6.07) is 0. The van der Waals surface area contributed by atoms with Crippen LogP contribution in [0.4, 0.5) is 0 Å². The molecule has 0 spiro atoms. The Labute approximate surface area is 68.1 Å². The molecule has 0 radical (unpaired) electrons. The zero-order valence-electron chi connectivity index (χ0n) is 7.12. The molecule has 0 aromatic carbocycles. The second kappa shape index (κ2) is 2.01. The SMILES string of the molecule is CC1OCC2C3CCC(C3)C12. The molecule has 2 bridgehead atoms. The van der Waals surface area contributed by atoms with Gasteiger partial charge in [0.1, 0.15) is 0 Å². The van der Waals surface area contributed by atoms with Gasteiger partial charge in [0, 0.05) is 0 Å². The summed E-state index contributed by atoms with van der Waals surface area (Å²) in [5, 5.41) is 0. The molecular formula is C10H16O. The zero-order chi connectivity index (χ0) is 7.42. The van der Waals surface area contributed by atoms with Gasteiger partial charge >= 0.3 is 0 Å². The average molecular weight is 152 g/mol. The molecule has 3 fully saturated rings. The normalized spacial score (nSPS) is 60.3. The Morgan fingerprint density at radius 3 is 2.82 bits per heavy atom. The fraction of sp³-hybridized carbons (Fsp3) is 1.00. The van der Waals surface area contributed by atoms with Gasteiger partial charge in [-0.3, -0.25) is 0 Å². The quantitative estimate of drug-likeness (QED) is 0.516. The summed E-state index contributed by atoms with van der Waals surface area (Å²) in [5.41, 5.74) is 0. The van der Waals surface area contributed by atoms with E-state index in [1.807, 2.05) is 0 Å². The Morgan fingerprint density at radius 1 is 1.18 bits per heavy atom. The average Bonchev–Trinajstić information content (AvgIpc) is 2.60. The molecule has 1 heteroatoms. The maximum atomic E-state index is 5.70. The van der Waals surface area contributed by atoms with Gasteiger partial charge in [-0.2, -0.15) is 0 Å². The summed E-state index contributed by atoms with van der Waals surface area (Å²) in [7, 11) is 0. The number of rotatable bonds is 0. The van der Waals surface area contributed by atoms with Crippen LogP contribution in [0.5, 0.6) is 0 Å². The maximum Gasteiger partial charge on any atom is 0.0581 e. The van der Waals surface area contributed by atoms with E-state index >= 15 is 0 Å². The van der Waals surface area contributed by atoms with E-state index in [9.17, 15) is 0 Å². The molecular weight excluding hydrogens is 136 g/mol.